The van der Waals surface area contributed by atoms with E-state index in [9.17, 15) is 0 Å². The molecular weight excluding hydrogens is 248 g/mol. The second-order valence-electron chi connectivity index (χ2n) is 6.48. The summed E-state index contributed by atoms with van der Waals surface area (Å²) in [6.45, 7) is 6.59. The first-order valence-electron chi connectivity index (χ1n) is 8.29. The van der Waals surface area contributed by atoms with Crippen LogP contribution in [0.2, 0.25) is 0 Å². The van der Waals surface area contributed by atoms with Crippen LogP contribution in [0.5, 0.6) is 0 Å². The summed E-state index contributed by atoms with van der Waals surface area (Å²) in [7, 11) is 4.28. The average molecular weight is 282 g/mol. The molecule has 0 amide bonds. The van der Waals surface area contributed by atoms with E-state index in [-0.39, 0.29) is 0 Å². The Bertz CT molecular complexity index is 268. The quantitative estimate of drug-likeness (QED) is 0.423. The minimum atomic E-state index is 0.768. The normalized spacial score (nSPS) is 18.0. The number of guanidine groups is 1. The number of unbranched alkanes of at least 4 members (excludes halogenated alkanes) is 4. The molecule has 1 saturated heterocycles. The van der Waals surface area contributed by atoms with Gasteiger partial charge in [-0.2, -0.15) is 0 Å². The zero-order valence-corrected chi connectivity index (χ0v) is 13.8. The summed E-state index contributed by atoms with van der Waals surface area (Å²) in [5.74, 6) is 1.62. The Kier molecular flexibility index (Phi) is 8.67. The van der Waals surface area contributed by atoms with E-state index in [0.717, 1.165) is 31.5 Å². The highest BCUT2D eigenvalue weighted by Gasteiger charge is 2.16. The zero-order chi connectivity index (χ0) is 14.8. The summed E-state index contributed by atoms with van der Waals surface area (Å²) >= 11 is 0. The molecule has 0 spiro atoms. The van der Waals surface area contributed by atoms with E-state index < -0.39 is 0 Å². The van der Waals surface area contributed by atoms with Crippen LogP contribution in [0.15, 0.2) is 4.99 Å². The second-order valence-corrected chi connectivity index (χ2v) is 6.48. The Morgan fingerprint density at radius 2 is 1.70 bits per heavy atom. The third-order valence-electron chi connectivity index (χ3n) is 4.14. The Balaban J connectivity index is 2.00. The second kappa shape index (κ2) is 10.0. The van der Waals surface area contributed by atoms with Crippen LogP contribution in [0.25, 0.3) is 0 Å². The molecule has 0 unspecified atom stereocenters. The summed E-state index contributed by atoms with van der Waals surface area (Å²) in [4.78, 5) is 9.03. The number of hydrogen-bond donors (Lipinski definition) is 1. The van der Waals surface area contributed by atoms with Gasteiger partial charge in [-0.05, 0) is 52.2 Å². The van der Waals surface area contributed by atoms with Crippen molar-refractivity contribution >= 4 is 5.96 Å². The van der Waals surface area contributed by atoms with Crippen molar-refractivity contribution in [3.05, 3.63) is 0 Å². The van der Waals surface area contributed by atoms with Crippen molar-refractivity contribution in [2.75, 3.05) is 40.3 Å². The topological polar surface area (TPSA) is 44.9 Å². The van der Waals surface area contributed by atoms with Crippen molar-refractivity contribution in [2.24, 2.45) is 16.6 Å². The van der Waals surface area contributed by atoms with Crippen molar-refractivity contribution in [1.82, 2.24) is 9.80 Å². The molecule has 2 N–H and O–H groups in total. The third-order valence-corrected chi connectivity index (χ3v) is 4.14. The van der Waals surface area contributed by atoms with Gasteiger partial charge in [-0.3, -0.25) is 4.99 Å². The SMILES string of the molecule is CC1CCN(C(N)=NCCCCCCCN(C)C)CC1. The number of nitrogens with zero attached hydrogens (tertiary/aromatic N) is 3. The fraction of sp³-hybridized carbons (Fsp3) is 0.938. The predicted molar refractivity (Wildman–Crippen MR) is 88.1 cm³/mol. The Labute approximate surface area is 125 Å². The first kappa shape index (κ1) is 17.3. The van der Waals surface area contributed by atoms with Gasteiger partial charge in [0.15, 0.2) is 5.96 Å². The van der Waals surface area contributed by atoms with Crippen LogP contribution < -0.4 is 5.73 Å². The lowest BCUT2D eigenvalue weighted by Crippen LogP contribution is -2.42. The molecule has 0 aromatic rings. The fourth-order valence-electron chi connectivity index (χ4n) is 2.60. The van der Waals surface area contributed by atoms with Gasteiger partial charge < -0.3 is 15.5 Å². The Hall–Kier alpha value is -0.770. The molecule has 4 nitrogen and oxygen atoms in total. The maximum absolute atomic E-state index is 6.06. The third kappa shape index (κ3) is 7.73. The maximum Gasteiger partial charge on any atom is 0.191 e. The fourth-order valence-corrected chi connectivity index (χ4v) is 2.60. The van der Waals surface area contributed by atoms with E-state index in [1.165, 1.54) is 51.5 Å². The van der Waals surface area contributed by atoms with E-state index in [2.05, 4.69) is 35.8 Å². The average Bonchev–Trinajstić information content (AvgIpc) is 2.42. The van der Waals surface area contributed by atoms with Gasteiger partial charge in [-0.1, -0.05) is 26.2 Å². The van der Waals surface area contributed by atoms with Gasteiger partial charge in [0.1, 0.15) is 0 Å². The van der Waals surface area contributed by atoms with Gasteiger partial charge >= 0.3 is 0 Å². The van der Waals surface area contributed by atoms with Gasteiger partial charge in [-0.15, -0.1) is 0 Å². The van der Waals surface area contributed by atoms with Crippen LogP contribution in [0.4, 0.5) is 0 Å². The summed E-state index contributed by atoms with van der Waals surface area (Å²) in [5, 5.41) is 0. The molecule has 1 heterocycles. The van der Waals surface area contributed by atoms with Gasteiger partial charge in [-0.25, -0.2) is 0 Å². The minimum absolute atomic E-state index is 0.768. The molecule has 1 aliphatic heterocycles. The zero-order valence-electron chi connectivity index (χ0n) is 13.8. The van der Waals surface area contributed by atoms with Crippen molar-refractivity contribution in [2.45, 2.75) is 51.9 Å². The van der Waals surface area contributed by atoms with Crippen molar-refractivity contribution in [3.63, 3.8) is 0 Å². The highest BCUT2D eigenvalue weighted by atomic mass is 15.3. The Morgan fingerprint density at radius 3 is 2.35 bits per heavy atom. The first-order valence-corrected chi connectivity index (χ1v) is 8.29. The van der Waals surface area contributed by atoms with Gasteiger partial charge in [0, 0.05) is 19.6 Å². The smallest absolute Gasteiger partial charge is 0.191 e. The van der Waals surface area contributed by atoms with E-state index in [1.807, 2.05) is 0 Å². The van der Waals surface area contributed by atoms with Crippen LogP contribution in [0.1, 0.15) is 51.9 Å². The lowest BCUT2D eigenvalue weighted by molar-refractivity contribution is 0.277. The predicted octanol–water partition coefficient (Wildman–Crippen LogP) is 2.55. The molecule has 0 aliphatic carbocycles. The monoisotopic (exact) mass is 282 g/mol. The lowest BCUT2D eigenvalue weighted by Gasteiger charge is -2.31. The van der Waals surface area contributed by atoms with Crippen molar-refractivity contribution in [1.29, 1.82) is 0 Å². The number of hydrogen-bond acceptors (Lipinski definition) is 2. The number of rotatable bonds is 8. The van der Waals surface area contributed by atoms with E-state index in [4.69, 9.17) is 5.73 Å². The molecule has 0 saturated carbocycles. The standard InChI is InChI=1S/C16H34N4/c1-15-9-13-20(14-10-15)16(17)18-11-7-5-4-6-8-12-19(2)3/h15H,4-14H2,1-3H3,(H2,17,18). The van der Waals surface area contributed by atoms with Gasteiger partial charge in [0.05, 0.1) is 0 Å². The molecule has 20 heavy (non-hydrogen) atoms. The van der Waals surface area contributed by atoms with Crippen LogP contribution in [0.3, 0.4) is 0 Å². The molecular formula is C16H34N4. The van der Waals surface area contributed by atoms with E-state index >= 15 is 0 Å². The molecule has 1 fully saturated rings. The molecule has 1 rings (SSSR count). The molecule has 0 aromatic heterocycles. The van der Waals surface area contributed by atoms with E-state index in [1.54, 1.807) is 0 Å². The summed E-state index contributed by atoms with van der Waals surface area (Å²) < 4.78 is 0. The molecule has 0 aromatic carbocycles. The number of nitrogens with two attached hydrogens (primary N) is 1. The highest BCUT2D eigenvalue weighted by Crippen LogP contribution is 2.15. The number of piperidine rings is 1. The largest absolute Gasteiger partial charge is 0.370 e. The van der Waals surface area contributed by atoms with Crippen LogP contribution in [0, 0.1) is 5.92 Å². The number of aliphatic imine (C=N–C) groups is 1. The first-order chi connectivity index (χ1) is 9.59. The summed E-state index contributed by atoms with van der Waals surface area (Å²) in [5.41, 5.74) is 6.06. The highest BCUT2D eigenvalue weighted by molar-refractivity contribution is 5.78. The van der Waals surface area contributed by atoms with Crippen LogP contribution >= 0.6 is 0 Å². The summed E-state index contributed by atoms with van der Waals surface area (Å²) in [6, 6.07) is 0. The molecule has 118 valence electrons. The van der Waals surface area contributed by atoms with Crippen molar-refractivity contribution < 1.29 is 0 Å². The summed E-state index contributed by atoms with van der Waals surface area (Å²) in [6.07, 6.45) is 8.93. The molecule has 0 atom stereocenters. The van der Waals surface area contributed by atoms with Gasteiger partial charge in [0.25, 0.3) is 0 Å². The Morgan fingerprint density at radius 1 is 1.10 bits per heavy atom. The van der Waals surface area contributed by atoms with Crippen LogP contribution in [-0.4, -0.2) is 56.0 Å². The number of likely N-dealkylation sites (tertiary alicyclic amines) is 1. The molecule has 4 heteroatoms. The maximum atomic E-state index is 6.06. The minimum Gasteiger partial charge on any atom is -0.370 e. The van der Waals surface area contributed by atoms with Gasteiger partial charge in [0.2, 0.25) is 0 Å². The van der Waals surface area contributed by atoms with Crippen molar-refractivity contribution in [3.8, 4) is 0 Å². The molecule has 1 aliphatic rings. The van der Waals surface area contributed by atoms with E-state index in [0.29, 0.717) is 0 Å². The lowest BCUT2D eigenvalue weighted by atomic mass is 10.00. The molecule has 0 radical (unpaired) electrons. The molecule has 0 bridgehead atoms. The van der Waals surface area contributed by atoms with Crippen LogP contribution in [-0.2, 0) is 0 Å².